The molecule has 2 heterocycles. The Balaban J connectivity index is 1.43. The van der Waals surface area contributed by atoms with Crippen molar-refractivity contribution in [3.63, 3.8) is 0 Å². The first kappa shape index (κ1) is 18.5. The van der Waals surface area contributed by atoms with E-state index >= 15 is 0 Å². The smallest absolute Gasteiger partial charge is 0.356 e. The molecule has 0 atom stereocenters. The van der Waals surface area contributed by atoms with Crippen LogP contribution in [0.25, 0.3) is 0 Å². The number of halogens is 3. The van der Waals surface area contributed by atoms with E-state index in [1.54, 1.807) is 10.9 Å². The van der Waals surface area contributed by atoms with Gasteiger partial charge >= 0.3 is 6.18 Å². The molecular weight excluding hydrogens is 347 g/mol. The molecule has 1 saturated carbocycles. The summed E-state index contributed by atoms with van der Waals surface area (Å²) in [5.41, 5.74) is 0.852. The van der Waals surface area contributed by atoms with Gasteiger partial charge in [0.25, 0.3) is 0 Å². The molecule has 1 amide bonds. The highest BCUT2D eigenvalue weighted by molar-refractivity contribution is 5.75. The van der Waals surface area contributed by atoms with Crippen LogP contribution < -0.4 is 5.32 Å². The molecule has 1 aliphatic rings. The van der Waals surface area contributed by atoms with Crippen molar-refractivity contribution in [2.45, 2.75) is 57.8 Å². The molecule has 1 aliphatic carbocycles. The maximum absolute atomic E-state index is 12.8. The van der Waals surface area contributed by atoms with Crippen LogP contribution in [0.15, 0.2) is 18.5 Å². The third kappa shape index (κ3) is 4.86. The molecule has 0 bridgehead atoms. The van der Waals surface area contributed by atoms with Crippen LogP contribution in [-0.4, -0.2) is 32.0 Å². The number of hydrogen-bond acceptors (Lipinski definition) is 3. The predicted octanol–water partition coefficient (Wildman–Crippen LogP) is 2.88. The first-order valence-electron chi connectivity index (χ1n) is 8.73. The average molecular weight is 369 g/mol. The number of hydrogen-bond donors (Lipinski definition) is 1. The zero-order chi connectivity index (χ0) is 18.7. The van der Waals surface area contributed by atoms with E-state index in [0.717, 1.165) is 24.5 Å². The topological polar surface area (TPSA) is 64.7 Å². The SMILES string of the molecule is Cc1cnn(CCC(=O)NCCCn2nc(C(F)(F)F)cc2C2CC2)c1. The molecule has 2 aromatic heterocycles. The molecule has 1 fully saturated rings. The molecular formula is C17H22F3N5O. The van der Waals surface area contributed by atoms with Crippen molar-refractivity contribution >= 4 is 5.91 Å². The molecule has 142 valence electrons. The lowest BCUT2D eigenvalue weighted by Crippen LogP contribution is -2.26. The number of alkyl halides is 3. The molecule has 26 heavy (non-hydrogen) atoms. The summed E-state index contributed by atoms with van der Waals surface area (Å²) >= 11 is 0. The van der Waals surface area contributed by atoms with Crippen LogP contribution in [0.1, 0.15) is 48.6 Å². The van der Waals surface area contributed by atoms with Crippen molar-refractivity contribution in [1.29, 1.82) is 0 Å². The lowest BCUT2D eigenvalue weighted by atomic mass is 10.2. The number of carbonyl (C=O) groups is 1. The predicted molar refractivity (Wildman–Crippen MR) is 88.4 cm³/mol. The van der Waals surface area contributed by atoms with Crippen LogP contribution in [-0.2, 0) is 24.1 Å². The highest BCUT2D eigenvalue weighted by atomic mass is 19.4. The summed E-state index contributed by atoms with van der Waals surface area (Å²) in [4.78, 5) is 11.8. The van der Waals surface area contributed by atoms with Crippen molar-refractivity contribution in [2.24, 2.45) is 0 Å². The summed E-state index contributed by atoms with van der Waals surface area (Å²) in [6.45, 7) is 3.20. The third-order valence-corrected chi connectivity index (χ3v) is 4.30. The molecule has 9 heteroatoms. The molecule has 0 aromatic carbocycles. The molecule has 2 aromatic rings. The van der Waals surface area contributed by atoms with Crippen molar-refractivity contribution in [3.05, 3.63) is 35.4 Å². The number of nitrogens with zero attached hydrogens (tertiary/aromatic N) is 4. The Morgan fingerprint density at radius 1 is 1.35 bits per heavy atom. The van der Waals surface area contributed by atoms with Gasteiger partial charge < -0.3 is 5.32 Å². The fourth-order valence-electron chi connectivity index (χ4n) is 2.81. The monoisotopic (exact) mass is 369 g/mol. The zero-order valence-electron chi connectivity index (χ0n) is 14.6. The fourth-order valence-corrected chi connectivity index (χ4v) is 2.81. The molecule has 0 aliphatic heterocycles. The minimum atomic E-state index is -4.42. The van der Waals surface area contributed by atoms with E-state index < -0.39 is 11.9 Å². The molecule has 0 spiro atoms. The number of nitrogens with one attached hydrogen (secondary N) is 1. The number of rotatable bonds is 8. The Morgan fingerprint density at radius 2 is 2.12 bits per heavy atom. The molecule has 0 radical (unpaired) electrons. The quantitative estimate of drug-likeness (QED) is 0.728. The zero-order valence-corrected chi connectivity index (χ0v) is 14.6. The van der Waals surface area contributed by atoms with Gasteiger partial charge in [-0.2, -0.15) is 23.4 Å². The van der Waals surface area contributed by atoms with Gasteiger partial charge in [0.1, 0.15) is 0 Å². The van der Waals surface area contributed by atoms with E-state index in [1.807, 2.05) is 13.1 Å². The summed E-state index contributed by atoms with van der Waals surface area (Å²) in [5.74, 6) is 0.0859. The number of amides is 1. The Kier molecular flexibility index (Phi) is 5.33. The van der Waals surface area contributed by atoms with Gasteiger partial charge in [0.2, 0.25) is 5.91 Å². The van der Waals surface area contributed by atoms with Crippen molar-refractivity contribution in [1.82, 2.24) is 24.9 Å². The number of aryl methyl sites for hydroxylation is 3. The maximum atomic E-state index is 12.8. The minimum Gasteiger partial charge on any atom is -0.356 e. The largest absolute Gasteiger partial charge is 0.435 e. The van der Waals surface area contributed by atoms with Crippen LogP contribution in [0, 0.1) is 6.92 Å². The summed E-state index contributed by atoms with van der Waals surface area (Å²) in [5, 5.41) is 10.6. The molecule has 0 saturated heterocycles. The first-order chi connectivity index (χ1) is 12.3. The fraction of sp³-hybridized carbons (Fsp3) is 0.588. The van der Waals surface area contributed by atoms with Crippen molar-refractivity contribution in [3.8, 4) is 0 Å². The van der Waals surface area contributed by atoms with Crippen LogP contribution >= 0.6 is 0 Å². The van der Waals surface area contributed by atoms with Gasteiger partial charge in [0.15, 0.2) is 5.69 Å². The normalized spacial score (nSPS) is 14.6. The van der Waals surface area contributed by atoms with E-state index in [-0.39, 0.29) is 11.8 Å². The lowest BCUT2D eigenvalue weighted by molar-refractivity contribution is -0.141. The van der Waals surface area contributed by atoms with E-state index in [9.17, 15) is 18.0 Å². The Morgan fingerprint density at radius 3 is 2.73 bits per heavy atom. The van der Waals surface area contributed by atoms with E-state index in [0.29, 0.717) is 38.2 Å². The van der Waals surface area contributed by atoms with Crippen molar-refractivity contribution < 1.29 is 18.0 Å². The summed E-state index contributed by atoms with van der Waals surface area (Å²) < 4.78 is 41.7. The van der Waals surface area contributed by atoms with Gasteiger partial charge in [-0.3, -0.25) is 14.2 Å². The van der Waals surface area contributed by atoms with Gasteiger partial charge in [-0.05, 0) is 37.8 Å². The van der Waals surface area contributed by atoms with Crippen LogP contribution in [0.3, 0.4) is 0 Å². The highest BCUT2D eigenvalue weighted by Gasteiger charge is 2.37. The van der Waals surface area contributed by atoms with E-state index in [4.69, 9.17) is 0 Å². The maximum Gasteiger partial charge on any atom is 0.435 e. The Bertz CT molecular complexity index is 761. The standard InChI is InChI=1S/C17H22F3N5O/c1-12-10-22-24(11-12)8-5-16(26)21-6-2-7-25-14(13-3-4-13)9-15(23-25)17(18,19)20/h9-11,13H,2-8H2,1H3,(H,21,26). The second-order valence-electron chi connectivity index (χ2n) is 6.68. The van der Waals surface area contributed by atoms with E-state index in [1.165, 1.54) is 4.68 Å². The van der Waals surface area contributed by atoms with Crippen LogP contribution in [0.5, 0.6) is 0 Å². The van der Waals surface area contributed by atoms with E-state index in [2.05, 4.69) is 15.5 Å². The molecule has 6 nitrogen and oxygen atoms in total. The van der Waals surface area contributed by atoms with Gasteiger partial charge in [0.05, 0.1) is 6.20 Å². The number of carbonyl (C=O) groups excluding carboxylic acids is 1. The molecule has 3 rings (SSSR count). The summed E-state index contributed by atoms with van der Waals surface area (Å²) in [7, 11) is 0. The Hall–Kier alpha value is -2.32. The van der Waals surface area contributed by atoms with Gasteiger partial charge in [-0.1, -0.05) is 0 Å². The van der Waals surface area contributed by atoms with Gasteiger partial charge in [-0.15, -0.1) is 0 Å². The number of aromatic nitrogens is 4. The molecule has 0 unspecified atom stereocenters. The summed E-state index contributed by atoms with van der Waals surface area (Å²) in [6.07, 6.45) is 1.84. The second kappa shape index (κ2) is 7.51. The minimum absolute atomic E-state index is 0.1000. The summed E-state index contributed by atoms with van der Waals surface area (Å²) in [6, 6.07) is 1.16. The second-order valence-corrected chi connectivity index (χ2v) is 6.68. The highest BCUT2D eigenvalue weighted by Crippen LogP contribution is 2.42. The van der Waals surface area contributed by atoms with Gasteiger partial charge in [0, 0.05) is 43.9 Å². The van der Waals surface area contributed by atoms with Crippen LogP contribution in [0.2, 0.25) is 0 Å². The first-order valence-corrected chi connectivity index (χ1v) is 8.73. The lowest BCUT2D eigenvalue weighted by Gasteiger charge is -2.08. The Labute approximate surface area is 149 Å². The molecule has 1 N–H and O–H groups in total. The van der Waals surface area contributed by atoms with Gasteiger partial charge in [-0.25, -0.2) is 0 Å². The van der Waals surface area contributed by atoms with Crippen LogP contribution in [0.4, 0.5) is 13.2 Å². The van der Waals surface area contributed by atoms with Crippen molar-refractivity contribution in [2.75, 3.05) is 6.54 Å². The third-order valence-electron chi connectivity index (χ3n) is 4.30. The average Bonchev–Trinajstić information content (AvgIpc) is 3.18.